The van der Waals surface area contributed by atoms with Crippen LogP contribution in [0.3, 0.4) is 0 Å². The quantitative estimate of drug-likeness (QED) is 0.713. The Bertz CT molecular complexity index is 365. The maximum atomic E-state index is 10.4. The van der Waals surface area contributed by atoms with Crippen LogP contribution in [0.1, 0.15) is 18.0 Å². The molecule has 0 fully saturated rings. The first-order valence-corrected chi connectivity index (χ1v) is 4.08. The lowest BCUT2D eigenvalue weighted by molar-refractivity contribution is -0.137. The summed E-state index contributed by atoms with van der Waals surface area (Å²) >= 11 is 0. The van der Waals surface area contributed by atoms with Gasteiger partial charge in [-0.25, -0.2) is 4.85 Å². The summed E-state index contributed by atoms with van der Waals surface area (Å²) in [5.41, 5.74) is 6.89. The Balaban J connectivity index is 2.77. The van der Waals surface area contributed by atoms with Crippen LogP contribution in [0.4, 0.5) is 5.69 Å². The lowest BCUT2D eigenvalue weighted by atomic mass is 10.0. The Hall–Kier alpha value is -1.86. The molecule has 0 amide bonds. The van der Waals surface area contributed by atoms with Gasteiger partial charge in [-0.2, -0.15) is 0 Å². The van der Waals surface area contributed by atoms with Gasteiger partial charge in [-0.05, 0) is 5.56 Å². The number of carboxylic acid groups (broad SMARTS) is 1. The average molecular weight is 190 g/mol. The summed E-state index contributed by atoms with van der Waals surface area (Å²) in [4.78, 5) is 13.6. The molecule has 4 heteroatoms. The van der Waals surface area contributed by atoms with E-state index in [-0.39, 0.29) is 6.42 Å². The minimum Gasteiger partial charge on any atom is -0.481 e. The Morgan fingerprint density at radius 3 is 2.50 bits per heavy atom. The maximum absolute atomic E-state index is 10.4. The van der Waals surface area contributed by atoms with Crippen molar-refractivity contribution in [2.75, 3.05) is 0 Å². The number of carboxylic acids is 1. The monoisotopic (exact) mass is 190 g/mol. The van der Waals surface area contributed by atoms with Crippen LogP contribution in [-0.4, -0.2) is 11.1 Å². The van der Waals surface area contributed by atoms with E-state index in [0.717, 1.165) is 5.56 Å². The number of carbonyl (C=O) groups is 1. The first kappa shape index (κ1) is 10.2. The van der Waals surface area contributed by atoms with Crippen molar-refractivity contribution < 1.29 is 9.90 Å². The highest BCUT2D eigenvalue weighted by molar-refractivity contribution is 5.68. The molecule has 0 bridgehead atoms. The van der Waals surface area contributed by atoms with Crippen LogP contribution < -0.4 is 5.73 Å². The van der Waals surface area contributed by atoms with Gasteiger partial charge in [0.25, 0.3) is 0 Å². The number of nitrogens with zero attached hydrogens (tertiary/aromatic N) is 1. The molecule has 0 saturated carbocycles. The van der Waals surface area contributed by atoms with E-state index in [0.29, 0.717) is 5.69 Å². The molecule has 1 unspecified atom stereocenters. The van der Waals surface area contributed by atoms with Gasteiger partial charge in [-0.1, -0.05) is 24.3 Å². The van der Waals surface area contributed by atoms with E-state index in [4.69, 9.17) is 17.4 Å². The minimum atomic E-state index is -0.924. The van der Waals surface area contributed by atoms with Crippen LogP contribution in [0.25, 0.3) is 4.85 Å². The highest BCUT2D eigenvalue weighted by Gasteiger charge is 2.09. The molecule has 0 aromatic heterocycles. The summed E-state index contributed by atoms with van der Waals surface area (Å²) in [5.74, 6) is -0.924. The molecule has 0 saturated heterocycles. The standard InChI is InChI=1S/C10H10N2O2/c1-12-8-4-2-7(3-5-8)9(11)6-10(13)14/h2-5,9H,6,11H2,(H,13,14). The molecule has 0 aliphatic heterocycles. The van der Waals surface area contributed by atoms with Gasteiger partial charge in [0.1, 0.15) is 0 Å². The lowest BCUT2D eigenvalue weighted by Gasteiger charge is -2.08. The third-order valence-electron chi connectivity index (χ3n) is 1.84. The second-order valence-corrected chi connectivity index (χ2v) is 2.91. The van der Waals surface area contributed by atoms with Gasteiger partial charge in [0.2, 0.25) is 0 Å². The van der Waals surface area contributed by atoms with E-state index < -0.39 is 12.0 Å². The first-order valence-electron chi connectivity index (χ1n) is 4.08. The maximum Gasteiger partial charge on any atom is 0.305 e. The Morgan fingerprint density at radius 2 is 2.07 bits per heavy atom. The Labute approximate surface area is 81.8 Å². The van der Waals surface area contributed by atoms with Gasteiger partial charge >= 0.3 is 5.97 Å². The number of hydrogen-bond donors (Lipinski definition) is 2. The number of hydrogen-bond acceptors (Lipinski definition) is 2. The van der Waals surface area contributed by atoms with Gasteiger partial charge < -0.3 is 10.8 Å². The van der Waals surface area contributed by atoms with Crippen molar-refractivity contribution in [1.82, 2.24) is 0 Å². The molecule has 1 rings (SSSR count). The van der Waals surface area contributed by atoms with E-state index in [1.807, 2.05) is 0 Å². The van der Waals surface area contributed by atoms with Crippen LogP contribution in [0.5, 0.6) is 0 Å². The van der Waals surface area contributed by atoms with Crippen molar-refractivity contribution in [1.29, 1.82) is 0 Å². The van der Waals surface area contributed by atoms with E-state index in [1.165, 1.54) is 0 Å². The van der Waals surface area contributed by atoms with Crippen molar-refractivity contribution in [3.63, 3.8) is 0 Å². The SMILES string of the molecule is [C-]#[N+]c1ccc(C(N)CC(=O)O)cc1. The number of rotatable bonds is 3. The molecule has 3 N–H and O–H groups in total. The topological polar surface area (TPSA) is 67.7 Å². The molecule has 0 heterocycles. The van der Waals surface area contributed by atoms with Crippen LogP contribution >= 0.6 is 0 Å². The minimum absolute atomic E-state index is 0.0998. The van der Waals surface area contributed by atoms with E-state index in [2.05, 4.69) is 4.85 Å². The molecule has 0 radical (unpaired) electrons. The number of nitrogens with two attached hydrogens (primary N) is 1. The van der Waals surface area contributed by atoms with Crippen molar-refractivity contribution in [3.8, 4) is 0 Å². The fraction of sp³-hybridized carbons (Fsp3) is 0.200. The van der Waals surface area contributed by atoms with Crippen LogP contribution in [-0.2, 0) is 4.79 Å². The predicted octanol–water partition coefficient (Wildman–Crippen LogP) is 1.71. The number of aliphatic carboxylic acids is 1. The molecule has 4 nitrogen and oxygen atoms in total. The third-order valence-corrected chi connectivity index (χ3v) is 1.84. The normalized spacial score (nSPS) is 11.7. The smallest absolute Gasteiger partial charge is 0.305 e. The van der Waals surface area contributed by atoms with Crippen molar-refractivity contribution in [2.45, 2.75) is 12.5 Å². The van der Waals surface area contributed by atoms with E-state index in [9.17, 15) is 4.79 Å². The summed E-state index contributed by atoms with van der Waals surface area (Å²) in [6.45, 7) is 6.73. The third kappa shape index (κ3) is 2.57. The molecule has 72 valence electrons. The van der Waals surface area contributed by atoms with Gasteiger partial charge in [0.15, 0.2) is 5.69 Å². The molecule has 14 heavy (non-hydrogen) atoms. The summed E-state index contributed by atoms with van der Waals surface area (Å²) in [6, 6.07) is 6.11. The van der Waals surface area contributed by atoms with Crippen molar-refractivity contribution in [2.24, 2.45) is 5.73 Å². The predicted molar refractivity (Wildman–Crippen MR) is 51.9 cm³/mol. The van der Waals surface area contributed by atoms with Crippen LogP contribution in [0.2, 0.25) is 0 Å². The molecule has 1 aromatic carbocycles. The largest absolute Gasteiger partial charge is 0.481 e. The van der Waals surface area contributed by atoms with Crippen molar-refractivity contribution >= 4 is 11.7 Å². The zero-order valence-electron chi connectivity index (χ0n) is 7.47. The fourth-order valence-corrected chi connectivity index (χ4v) is 1.10. The molecule has 0 aliphatic rings. The zero-order chi connectivity index (χ0) is 10.6. The Morgan fingerprint density at radius 1 is 1.50 bits per heavy atom. The molecular formula is C10H10N2O2. The zero-order valence-corrected chi connectivity index (χ0v) is 7.47. The summed E-state index contributed by atoms with van der Waals surface area (Å²) in [7, 11) is 0. The first-order chi connectivity index (χ1) is 6.63. The molecule has 0 aliphatic carbocycles. The summed E-state index contributed by atoms with van der Waals surface area (Å²) in [6.07, 6.45) is -0.0998. The molecule has 1 aromatic rings. The van der Waals surface area contributed by atoms with Crippen molar-refractivity contribution in [3.05, 3.63) is 41.2 Å². The van der Waals surface area contributed by atoms with Crippen LogP contribution in [0.15, 0.2) is 24.3 Å². The summed E-state index contributed by atoms with van der Waals surface area (Å²) in [5, 5.41) is 8.52. The molecule has 0 spiro atoms. The summed E-state index contributed by atoms with van der Waals surface area (Å²) < 4.78 is 0. The Kier molecular flexibility index (Phi) is 3.21. The highest BCUT2D eigenvalue weighted by Crippen LogP contribution is 2.18. The van der Waals surface area contributed by atoms with Gasteiger partial charge in [-0.15, -0.1) is 0 Å². The van der Waals surface area contributed by atoms with Gasteiger partial charge in [-0.3, -0.25) is 4.79 Å². The highest BCUT2D eigenvalue weighted by atomic mass is 16.4. The number of benzene rings is 1. The lowest BCUT2D eigenvalue weighted by Crippen LogP contribution is -2.14. The second-order valence-electron chi connectivity index (χ2n) is 2.91. The van der Waals surface area contributed by atoms with E-state index >= 15 is 0 Å². The second kappa shape index (κ2) is 4.40. The van der Waals surface area contributed by atoms with Gasteiger partial charge in [0.05, 0.1) is 13.0 Å². The average Bonchev–Trinajstić information content (AvgIpc) is 2.17. The molecular weight excluding hydrogens is 180 g/mol. The van der Waals surface area contributed by atoms with Crippen LogP contribution in [0, 0.1) is 6.57 Å². The molecule has 1 atom stereocenters. The van der Waals surface area contributed by atoms with E-state index in [1.54, 1.807) is 24.3 Å². The van der Waals surface area contributed by atoms with Gasteiger partial charge in [0, 0.05) is 6.04 Å². The fourth-order valence-electron chi connectivity index (χ4n) is 1.10.